The molecule has 0 fully saturated rings. The van der Waals surface area contributed by atoms with E-state index in [0.29, 0.717) is 13.0 Å². The number of amides is 1. The normalized spacial score (nSPS) is 18.6. The summed E-state index contributed by atoms with van der Waals surface area (Å²) in [5.41, 5.74) is 1.42. The number of carboxylic acid groups (broad SMARTS) is 1. The zero-order valence-corrected chi connectivity index (χ0v) is 11.8. The minimum atomic E-state index is -0.984. The van der Waals surface area contributed by atoms with Crippen molar-refractivity contribution in [2.75, 3.05) is 6.54 Å². The molecule has 0 saturated carbocycles. The molecule has 1 aromatic carbocycles. The van der Waals surface area contributed by atoms with Crippen LogP contribution < -0.4 is 0 Å². The average Bonchev–Trinajstić information content (AvgIpc) is 2.35. The van der Waals surface area contributed by atoms with Gasteiger partial charge in [0, 0.05) is 18.7 Å². The summed E-state index contributed by atoms with van der Waals surface area (Å²) < 4.78 is 0. The zero-order valence-electron chi connectivity index (χ0n) is 11.8. The van der Waals surface area contributed by atoms with Crippen LogP contribution in [0.5, 0.6) is 0 Å². The molecule has 1 aliphatic heterocycles. The lowest BCUT2D eigenvalue weighted by Crippen LogP contribution is -2.44. The topological polar surface area (TPSA) is 83.7 Å². The minimum Gasteiger partial charge on any atom is -0.465 e. The Morgan fingerprint density at radius 2 is 2.10 bits per heavy atom. The Balaban J connectivity index is 2.58. The molecular formula is C14H18N2O4. The van der Waals surface area contributed by atoms with Crippen molar-refractivity contribution in [3.8, 4) is 0 Å². The second-order valence-corrected chi connectivity index (χ2v) is 6.13. The number of benzene rings is 1. The molecular weight excluding hydrogens is 260 g/mol. The number of non-ortho nitro benzene ring substituents is 1. The SMILES string of the molecule is CC(C)(C)C1c2cc([N+](=O)[O-])ccc2CCN1C(=O)O. The Morgan fingerprint density at radius 3 is 2.60 bits per heavy atom. The fourth-order valence-corrected chi connectivity index (χ4v) is 2.86. The van der Waals surface area contributed by atoms with E-state index < -0.39 is 11.0 Å². The first-order valence-corrected chi connectivity index (χ1v) is 6.48. The van der Waals surface area contributed by atoms with Crippen LogP contribution in [0.4, 0.5) is 10.5 Å². The van der Waals surface area contributed by atoms with E-state index in [9.17, 15) is 20.0 Å². The van der Waals surface area contributed by atoms with Crippen LogP contribution in [0.2, 0.25) is 0 Å². The highest BCUT2D eigenvalue weighted by atomic mass is 16.6. The van der Waals surface area contributed by atoms with Crippen LogP contribution in [-0.4, -0.2) is 27.6 Å². The summed E-state index contributed by atoms with van der Waals surface area (Å²) in [4.78, 5) is 23.3. The first kappa shape index (κ1) is 14.3. The summed E-state index contributed by atoms with van der Waals surface area (Å²) in [6.45, 7) is 6.26. The molecule has 6 heteroatoms. The van der Waals surface area contributed by atoms with E-state index in [0.717, 1.165) is 11.1 Å². The van der Waals surface area contributed by atoms with E-state index in [2.05, 4.69) is 0 Å². The number of hydrogen-bond donors (Lipinski definition) is 1. The van der Waals surface area contributed by atoms with Crippen molar-refractivity contribution in [1.82, 2.24) is 4.90 Å². The van der Waals surface area contributed by atoms with Gasteiger partial charge in [0.1, 0.15) is 0 Å². The van der Waals surface area contributed by atoms with Crippen LogP contribution >= 0.6 is 0 Å². The summed E-state index contributed by atoms with van der Waals surface area (Å²) >= 11 is 0. The maximum atomic E-state index is 11.4. The number of fused-ring (bicyclic) bond motifs is 1. The monoisotopic (exact) mass is 278 g/mol. The Bertz CT molecular complexity index is 563. The van der Waals surface area contributed by atoms with Gasteiger partial charge < -0.3 is 10.0 Å². The molecule has 1 heterocycles. The van der Waals surface area contributed by atoms with Crippen LogP contribution in [0, 0.1) is 15.5 Å². The van der Waals surface area contributed by atoms with Crippen molar-refractivity contribution < 1.29 is 14.8 Å². The van der Waals surface area contributed by atoms with Crippen molar-refractivity contribution in [2.45, 2.75) is 33.2 Å². The Kier molecular flexibility index (Phi) is 3.41. The smallest absolute Gasteiger partial charge is 0.407 e. The molecule has 1 N–H and O–H groups in total. The number of nitrogens with zero attached hydrogens (tertiary/aromatic N) is 2. The fourth-order valence-electron chi connectivity index (χ4n) is 2.86. The molecule has 0 aliphatic carbocycles. The molecule has 0 saturated heterocycles. The summed E-state index contributed by atoms with van der Waals surface area (Å²) in [5, 5.41) is 20.3. The van der Waals surface area contributed by atoms with Crippen molar-refractivity contribution in [1.29, 1.82) is 0 Å². The lowest BCUT2D eigenvalue weighted by molar-refractivity contribution is -0.385. The predicted molar refractivity (Wildman–Crippen MR) is 73.7 cm³/mol. The van der Waals surface area contributed by atoms with E-state index in [4.69, 9.17) is 0 Å². The first-order chi connectivity index (χ1) is 9.21. The molecule has 0 aromatic heterocycles. The van der Waals surface area contributed by atoms with Crippen LogP contribution in [0.25, 0.3) is 0 Å². The summed E-state index contributed by atoms with van der Waals surface area (Å²) in [6.07, 6.45) is -0.395. The van der Waals surface area contributed by atoms with Gasteiger partial charge in [0.15, 0.2) is 0 Å². The number of carbonyl (C=O) groups is 1. The fraction of sp³-hybridized carbons (Fsp3) is 0.500. The molecule has 0 spiro atoms. The van der Waals surface area contributed by atoms with Crippen LogP contribution in [0.15, 0.2) is 18.2 Å². The molecule has 1 aromatic rings. The van der Waals surface area contributed by atoms with Gasteiger partial charge in [-0.05, 0) is 23.0 Å². The van der Waals surface area contributed by atoms with E-state index in [-0.39, 0.29) is 17.1 Å². The molecule has 1 atom stereocenters. The van der Waals surface area contributed by atoms with Gasteiger partial charge in [0.2, 0.25) is 0 Å². The van der Waals surface area contributed by atoms with Crippen molar-refractivity contribution in [3.05, 3.63) is 39.4 Å². The van der Waals surface area contributed by atoms with Gasteiger partial charge in [-0.1, -0.05) is 26.8 Å². The first-order valence-electron chi connectivity index (χ1n) is 6.48. The lowest BCUT2D eigenvalue weighted by Gasteiger charge is -2.42. The van der Waals surface area contributed by atoms with Crippen LogP contribution in [-0.2, 0) is 6.42 Å². The molecule has 0 radical (unpaired) electrons. The Hall–Kier alpha value is -2.11. The summed E-state index contributed by atoms with van der Waals surface area (Å²) in [6, 6.07) is 4.37. The number of nitro groups is 1. The van der Waals surface area contributed by atoms with Gasteiger partial charge in [0.25, 0.3) is 5.69 Å². The maximum Gasteiger partial charge on any atom is 0.407 e. The molecule has 20 heavy (non-hydrogen) atoms. The molecule has 108 valence electrons. The third kappa shape index (κ3) is 2.45. The molecule has 6 nitrogen and oxygen atoms in total. The molecule has 0 bridgehead atoms. The van der Waals surface area contributed by atoms with Crippen molar-refractivity contribution >= 4 is 11.8 Å². The van der Waals surface area contributed by atoms with Gasteiger partial charge in [0.05, 0.1) is 11.0 Å². The van der Waals surface area contributed by atoms with Gasteiger partial charge in [-0.3, -0.25) is 10.1 Å². The van der Waals surface area contributed by atoms with E-state index in [1.54, 1.807) is 6.07 Å². The molecule has 1 aliphatic rings. The highest BCUT2D eigenvalue weighted by molar-refractivity contribution is 5.67. The Morgan fingerprint density at radius 1 is 1.45 bits per heavy atom. The second kappa shape index (κ2) is 4.77. The van der Waals surface area contributed by atoms with E-state index in [1.165, 1.54) is 17.0 Å². The van der Waals surface area contributed by atoms with Crippen molar-refractivity contribution in [3.63, 3.8) is 0 Å². The quantitative estimate of drug-likeness (QED) is 0.631. The largest absolute Gasteiger partial charge is 0.465 e. The van der Waals surface area contributed by atoms with Crippen molar-refractivity contribution in [2.24, 2.45) is 5.41 Å². The number of rotatable bonds is 1. The zero-order chi connectivity index (χ0) is 15.1. The summed E-state index contributed by atoms with van der Waals surface area (Å²) in [5.74, 6) is 0. The Labute approximate surface area is 117 Å². The molecule has 1 amide bonds. The van der Waals surface area contributed by atoms with Crippen LogP contribution in [0.3, 0.4) is 0 Å². The average molecular weight is 278 g/mol. The number of hydrogen-bond acceptors (Lipinski definition) is 3. The van der Waals surface area contributed by atoms with Gasteiger partial charge in [-0.15, -0.1) is 0 Å². The standard InChI is InChI=1S/C14H18N2O4/c1-14(2,3)12-11-8-10(16(19)20)5-4-9(11)6-7-15(12)13(17)18/h4-5,8,12H,6-7H2,1-3H3,(H,17,18). The third-order valence-corrected chi connectivity index (χ3v) is 3.63. The predicted octanol–water partition coefficient (Wildman–Crippen LogP) is 3.22. The highest BCUT2D eigenvalue weighted by Crippen LogP contribution is 2.43. The minimum absolute atomic E-state index is 0.00485. The highest BCUT2D eigenvalue weighted by Gasteiger charge is 2.39. The molecule has 1 unspecified atom stereocenters. The molecule has 2 rings (SSSR count). The second-order valence-electron chi connectivity index (χ2n) is 6.13. The third-order valence-electron chi connectivity index (χ3n) is 3.63. The summed E-state index contributed by atoms with van der Waals surface area (Å²) in [7, 11) is 0. The lowest BCUT2D eigenvalue weighted by atomic mass is 9.77. The maximum absolute atomic E-state index is 11.4. The van der Waals surface area contributed by atoms with E-state index >= 15 is 0 Å². The van der Waals surface area contributed by atoms with E-state index in [1.807, 2.05) is 20.8 Å². The van der Waals surface area contributed by atoms with Gasteiger partial charge in [-0.2, -0.15) is 0 Å². The van der Waals surface area contributed by atoms with Crippen LogP contribution in [0.1, 0.15) is 37.9 Å². The van der Waals surface area contributed by atoms with Gasteiger partial charge >= 0.3 is 6.09 Å². The number of nitro benzene ring substituents is 1. The van der Waals surface area contributed by atoms with Gasteiger partial charge in [-0.25, -0.2) is 4.79 Å².